The Kier molecular flexibility index (Phi) is 2.77. The van der Waals surface area contributed by atoms with Crippen LogP contribution >= 0.6 is 0 Å². The van der Waals surface area contributed by atoms with Crippen molar-refractivity contribution >= 4 is 12.0 Å². The first kappa shape index (κ1) is 13.0. The number of carboxylic acid groups (broad SMARTS) is 1. The van der Waals surface area contributed by atoms with E-state index in [9.17, 15) is 18.0 Å². The lowest BCUT2D eigenvalue weighted by Gasteiger charge is -2.27. The molecule has 3 rings (SSSR count). The van der Waals surface area contributed by atoms with Gasteiger partial charge < -0.3 is 9.84 Å². The monoisotopic (exact) mass is 284 g/mol. The van der Waals surface area contributed by atoms with Crippen LogP contribution in [0.5, 0.6) is 5.75 Å². The molecule has 106 valence electrons. The van der Waals surface area contributed by atoms with Gasteiger partial charge in [0, 0.05) is 5.56 Å². The van der Waals surface area contributed by atoms with Crippen LogP contribution < -0.4 is 4.74 Å². The van der Waals surface area contributed by atoms with Crippen LogP contribution in [0.3, 0.4) is 0 Å². The largest absolute Gasteiger partial charge is 0.478 e. The highest BCUT2D eigenvalue weighted by Gasteiger charge is 2.48. The van der Waals surface area contributed by atoms with E-state index in [0.717, 1.165) is 24.5 Å². The number of carboxylic acids is 1. The minimum Gasteiger partial charge on any atom is -0.478 e. The van der Waals surface area contributed by atoms with Gasteiger partial charge in [-0.1, -0.05) is 12.1 Å². The molecule has 1 aliphatic heterocycles. The fourth-order valence-electron chi connectivity index (χ4n) is 2.29. The molecule has 1 aliphatic carbocycles. The topological polar surface area (TPSA) is 46.5 Å². The number of carbonyl (C=O) groups is 1. The summed E-state index contributed by atoms with van der Waals surface area (Å²) in [4.78, 5) is 11.0. The predicted octanol–water partition coefficient (Wildman–Crippen LogP) is 3.36. The van der Waals surface area contributed by atoms with Crippen LogP contribution in [0.1, 0.15) is 29.9 Å². The summed E-state index contributed by atoms with van der Waals surface area (Å²) >= 11 is 0. The molecule has 1 atom stereocenters. The quantitative estimate of drug-likeness (QED) is 0.905. The second kappa shape index (κ2) is 4.26. The van der Waals surface area contributed by atoms with Crippen molar-refractivity contribution < 1.29 is 27.8 Å². The van der Waals surface area contributed by atoms with Crippen molar-refractivity contribution in [2.24, 2.45) is 0 Å². The highest BCUT2D eigenvalue weighted by molar-refractivity contribution is 5.95. The summed E-state index contributed by atoms with van der Waals surface area (Å²) in [5.74, 6) is -1.14. The predicted molar refractivity (Wildman–Crippen MR) is 64.5 cm³/mol. The van der Waals surface area contributed by atoms with Gasteiger partial charge in [0.25, 0.3) is 0 Å². The summed E-state index contributed by atoms with van der Waals surface area (Å²) in [7, 11) is 0. The first-order chi connectivity index (χ1) is 9.36. The van der Waals surface area contributed by atoms with Gasteiger partial charge in [0.1, 0.15) is 5.75 Å². The van der Waals surface area contributed by atoms with Crippen molar-refractivity contribution in [2.75, 3.05) is 0 Å². The van der Waals surface area contributed by atoms with E-state index in [1.165, 1.54) is 0 Å². The van der Waals surface area contributed by atoms with Crippen molar-refractivity contribution in [3.8, 4) is 5.75 Å². The molecule has 6 heteroatoms. The second-order valence-corrected chi connectivity index (χ2v) is 5.02. The summed E-state index contributed by atoms with van der Waals surface area (Å²) in [6.07, 6.45) is -4.08. The Morgan fingerprint density at radius 2 is 2.00 bits per heavy atom. The van der Waals surface area contributed by atoms with Gasteiger partial charge in [-0.2, -0.15) is 13.2 Å². The van der Waals surface area contributed by atoms with Crippen molar-refractivity contribution in [1.82, 2.24) is 0 Å². The van der Waals surface area contributed by atoms with Crippen LogP contribution in [0.4, 0.5) is 13.2 Å². The third-order valence-corrected chi connectivity index (χ3v) is 3.47. The molecule has 1 unspecified atom stereocenters. The fraction of sp³-hybridized carbons (Fsp3) is 0.357. The molecule has 2 aliphatic rings. The van der Waals surface area contributed by atoms with Crippen molar-refractivity contribution in [1.29, 1.82) is 0 Å². The Labute approximate surface area is 112 Å². The maximum absolute atomic E-state index is 12.9. The summed E-state index contributed by atoms with van der Waals surface area (Å²) in [6, 6.07) is 5.00. The summed E-state index contributed by atoms with van der Waals surface area (Å²) in [6.45, 7) is 0. The lowest BCUT2D eigenvalue weighted by molar-refractivity contribution is -0.187. The maximum Gasteiger partial charge on any atom is 0.430 e. The Morgan fingerprint density at radius 3 is 2.55 bits per heavy atom. The van der Waals surface area contributed by atoms with Gasteiger partial charge in [0.2, 0.25) is 6.10 Å². The van der Waals surface area contributed by atoms with E-state index in [0.29, 0.717) is 11.5 Å². The number of halogens is 3. The van der Waals surface area contributed by atoms with Crippen molar-refractivity contribution in [3.63, 3.8) is 0 Å². The summed E-state index contributed by atoms with van der Waals surface area (Å²) in [5, 5.41) is 8.90. The molecule has 0 spiro atoms. The molecule has 0 amide bonds. The van der Waals surface area contributed by atoms with Crippen LogP contribution in [0, 0.1) is 0 Å². The number of benzene rings is 1. The summed E-state index contributed by atoms with van der Waals surface area (Å²) < 4.78 is 43.6. The van der Waals surface area contributed by atoms with E-state index >= 15 is 0 Å². The molecule has 1 saturated carbocycles. The third-order valence-electron chi connectivity index (χ3n) is 3.47. The average molecular weight is 284 g/mol. The first-order valence-corrected chi connectivity index (χ1v) is 6.18. The SMILES string of the molecule is O=C(O)C1=Cc2ccc(C3CC3)cc2OC1C(F)(F)F. The van der Waals surface area contributed by atoms with Gasteiger partial charge >= 0.3 is 12.1 Å². The number of fused-ring (bicyclic) bond motifs is 1. The van der Waals surface area contributed by atoms with E-state index in [4.69, 9.17) is 9.84 Å². The highest BCUT2D eigenvalue weighted by atomic mass is 19.4. The Bertz CT molecular complexity index is 600. The maximum atomic E-state index is 12.9. The number of hydrogen-bond acceptors (Lipinski definition) is 2. The Morgan fingerprint density at radius 1 is 1.30 bits per heavy atom. The van der Waals surface area contributed by atoms with E-state index < -0.39 is 23.8 Å². The fourth-order valence-corrected chi connectivity index (χ4v) is 2.29. The zero-order valence-corrected chi connectivity index (χ0v) is 10.3. The van der Waals surface area contributed by atoms with Crippen LogP contribution in [0.25, 0.3) is 6.08 Å². The number of hydrogen-bond donors (Lipinski definition) is 1. The number of ether oxygens (including phenoxy) is 1. The molecule has 0 saturated heterocycles. The van der Waals surface area contributed by atoms with Gasteiger partial charge in [0.15, 0.2) is 0 Å². The average Bonchev–Trinajstić information content (AvgIpc) is 3.19. The number of rotatable bonds is 2. The minimum atomic E-state index is -4.75. The lowest BCUT2D eigenvalue weighted by Crippen LogP contribution is -2.40. The van der Waals surface area contributed by atoms with E-state index in [-0.39, 0.29) is 5.75 Å². The number of aliphatic carboxylic acids is 1. The summed E-state index contributed by atoms with van der Waals surface area (Å²) in [5.41, 5.74) is 0.522. The van der Waals surface area contributed by atoms with Crippen LogP contribution in [0.2, 0.25) is 0 Å². The molecular formula is C14H11F3O3. The molecule has 0 radical (unpaired) electrons. The molecule has 1 aromatic rings. The van der Waals surface area contributed by atoms with Gasteiger partial charge in [-0.05, 0) is 36.5 Å². The molecule has 1 aromatic carbocycles. The molecule has 1 fully saturated rings. The first-order valence-electron chi connectivity index (χ1n) is 6.18. The van der Waals surface area contributed by atoms with Gasteiger partial charge in [0.05, 0.1) is 5.57 Å². The third kappa shape index (κ3) is 2.26. The molecule has 1 heterocycles. The van der Waals surface area contributed by atoms with E-state index in [1.807, 2.05) is 6.07 Å². The zero-order chi connectivity index (χ0) is 14.5. The van der Waals surface area contributed by atoms with Crippen molar-refractivity contribution in [2.45, 2.75) is 31.0 Å². The molecular weight excluding hydrogens is 273 g/mol. The van der Waals surface area contributed by atoms with E-state index in [1.54, 1.807) is 12.1 Å². The van der Waals surface area contributed by atoms with Gasteiger partial charge in [-0.15, -0.1) is 0 Å². The Hall–Kier alpha value is -1.98. The van der Waals surface area contributed by atoms with Crippen LogP contribution in [-0.4, -0.2) is 23.4 Å². The smallest absolute Gasteiger partial charge is 0.430 e. The van der Waals surface area contributed by atoms with Gasteiger partial charge in [-0.3, -0.25) is 0 Å². The zero-order valence-electron chi connectivity index (χ0n) is 10.3. The van der Waals surface area contributed by atoms with Gasteiger partial charge in [-0.25, -0.2) is 4.79 Å². The highest BCUT2D eigenvalue weighted by Crippen LogP contribution is 2.44. The Balaban J connectivity index is 2.03. The molecule has 3 nitrogen and oxygen atoms in total. The second-order valence-electron chi connectivity index (χ2n) is 5.02. The van der Waals surface area contributed by atoms with Crippen molar-refractivity contribution in [3.05, 3.63) is 34.9 Å². The lowest BCUT2D eigenvalue weighted by atomic mass is 9.99. The molecule has 20 heavy (non-hydrogen) atoms. The molecule has 1 N–H and O–H groups in total. The van der Waals surface area contributed by atoms with E-state index in [2.05, 4.69) is 0 Å². The molecule has 0 aromatic heterocycles. The minimum absolute atomic E-state index is 0.0988. The standard InChI is InChI=1S/C14H11F3O3/c15-14(16,17)12-10(13(18)19)5-9-4-3-8(7-1-2-7)6-11(9)20-12/h3-7,12H,1-2H2,(H,18,19). The van der Waals surface area contributed by atoms with Crippen LogP contribution in [-0.2, 0) is 4.79 Å². The molecule has 0 bridgehead atoms. The van der Waals surface area contributed by atoms with Crippen LogP contribution in [0.15, 0.2) is 23.8 Å². The normalized spacial score (nSPS) is 21.8. The number of alkyl halides is 3.